The van der Waals surface area contributed by atoms with E-state index in [-0.39, 0.29) is 18.4 Å². The van der Waals surface area contributed by atoms with Crippen LogP contribution in [0.5, 0.6) is 0 Å². The number of nitrogens with one attached hydrogen (secondary N) is 2. The Balaban J connectivity index is 2.25. The Morgan fingerprint density at radius 3 is 3.07 bits per heavy atom. The molecule has 0 aliphatic carbocycles. The molecule has 0 unspecified atom stereocenters. The largest absolute Gasteiger partial charge is 0.353 e. The van der Waals surface area contributed by atoms with Gasteiger partial charge in [0.05, 0.1) is 6.54 Å². The molecule has 1 rings (SSSR count). The van der Waals surface area contributed by atoms with E-state index in [4.69, 9.17) is 0 Å². The van der Waals surface area contributed by atoms with Crippen LogP contribution in [-0.2, 0) is 9.59 Å². The molecule has 14 heavy (non-hydrogen) atoms. The fourth-order valence-corrected chi connectivity index (χ4v) is 1.43. The number of hydrogen-bond donors (Lipinski definition) is 2. The Kier molecular flexibility index (Phi) is 4.39. The lowest BCUT2D eigenvalue weighted by atomic mass is 10.2. The van der Waals surface area contributed by atoms with E-state index in [0.717, 1.165) is 13.0 Å². The summed E-state index contributed by atoms with van der Waals surface area (Å²) in [6, 6.07) is 0. The van der Waals surface area contributed by atoms with Gasteiger partial charge in [-0.3, -0.25) is 9.59 Å². The molecule has 0 spiro atoms. The molecule has 1 saturated heterocycles. The van der Waals surface area contributed by atoms with Gasteiger partial charge in [-0.2, -0.15) is 0 Å². The molecular weight excluding hydrogens is 182 g/mol. The van der Waals surface area contributed by atoms with Gasteiger partial charge in [0.15, 0.2) is 0 Å². The van der Waals surface area contributed by atoms with Crippen molar-refractivity contribution in [2.24, 2.45) is 0 Å². The lowest BCUT2D eigenvalue weighted by Gasteiger charge is -2.26. The minimum atomic E-state index is -0.0572. The Morgan fingerprint density at radius 2 is 2.43 bits per heavy atom. The van der Waals surface area contributed by atoms with Crippen molar-refractivity contribution in [3.8, 4) is 0 Å². The molecule has 0 saturated carbocycles. The molecule has 0 aromatic rings. The van der Waals surface area contributed by atoms with Crippen molar-refractivity contribution in [3.05, 3.63) is 0 Å². The van der Waals surface area contributed by atoms with E-state index < -0.39 is 0 Å². The van der Waals surface area contributed by atoms with E-state index in [1.54, 1.807) is 4.90 Å². The van der Waals surface area contributed by atoms with Crippen LogP contribution in [0.25, 0.3) is 0 Å². The Morgan fingerprint density at radius 1 is 1.64 bits per heavy atom. The zero-order chi connectivity index (χ0) is 10.4. The number of piperazine rings is 1. The van der Waals surface area contributed by atoms with E-state index in [1.807, 2.05) is 7.05 Å². The lowest BCUT2D eigenvalue weighted by Crippen LogP contribution is -2.50. The molecule has 1 fully saturated rings. The summed E-state index contributed by atoms with van der Waals surface area (Å²) in [5.74, 6) is 0.0216. The van der Waals surface area contributed by atoms with Crippen LogP contribution in [-0.4, -0.2) is 49.9 Å². The summed E-state index contributed by atoms with van der Waals surface area (Å²) in [5.41, 5.74) is 0. The number of rotatable bonds is 4. The summed E-state index contributed by atoms with van der Waals surface area (Å²) in [6.07, 6.45) is 1.35. The van der Waals surface area contributed by atoms with Gasteiger partial charge in [-0.1, -0.05) is 0 Å². The third kappa shape index (κ3) is 3.33. The van der Waals surface area contributed by atoms with Crippen LogP contribution >= 0.6 is 0 Å². The van der Waals surface area contributed by atoms with E-state index in [2.05, 4.69) is 10.6 Å². The van der Waals surface area contributed by atoms with Gasteiger partial charge in [0.1, 0.15) is 0 Å². The molecule has 1 aliphatic heterocycles. The third-order valence-corrected chi connectivity index (χ3v) is 2.21. The van der Waals surface area contributed by atoms with Crippen molar-refractivity contribution in [1.29, 1.82) is 0 Å². The maximum atomic E-state index is 11.5. The van der Waals surface area contributed by atoms with Crippen LogP contribution in [0, 0.1) is 0 Å². The molecule has 1 aliphatic rings. The molecule has 5 heteroatoms. The molecular formula is C9H17N3O2. The summed E-state index contributed by atoms with van der Waals surface area (Å²) < 4.78 is 0. The Hall–Kier alpha value is -1.10. The molecule has 0 radical (unpaired) electrons. The fraction of sp³-hybridized carbons (Fsp3) is 0.778. The maximum absolute atomic E-state index is 11.5. The summed E-state index contributed by atoms with van der Waals surface area (Å²) in [4.78, 5) is 24.1. The van der Waals surface area contributed by atoms with Crippen molar-refractivity contribution in [2.45, 2.75) is 12.8 Å². The third-order valence-electron chi connectivity index (χ3n) is 2.21. The normalized spacial score (nSPS) is 16.6. The zero-order valence-corrected chi connectivity index (χ0v) is 8.51. The molecule has 0 atom stereocenters. The summed E-state index contributed by atoms with van der Waals surface area (Å²) in [7, 11) is 1.86. The molecule has 1 heterocycles. The first-order valence-corrected chi connectivity index (χ1v) is 4.93. The highest BCUT2D eigenvalue weighted by Gasteiger charge is 2.19. The van der Waals surface area contributed by atoms with Crippen LogP contribution in [0.4, 0.5) is 0 Å². The highest BCUT2D eigenvalue weighted by Crippen LogP contribution is 1.99. The minimum Gasteiger partial charge on any atom is -0.353 e. The number of nitrogens with zero attached hydrogens (tertiary/aromatic N) is 1. The van der Waals surface area contributed by atoms with E-state index >= 15 is 0 Å². The summed E-state index contributed by atoms with van der Waals surface area (Å²) in [6.45, 7) is 2.28. The molecule has 0 aromatic heterocycles. The van der Waals surface area contributed by atoms with Crippen molar-refractivity contribution in [1.82, 2.24) is 15.5 Å². The zero-order valence-electron chi connectivity index (χ0n) is 8.51. The molecule has 2 N–H and O–H groups in total. The van der Waals surface area contributed by atoms with Crippen LogP contribution in [0.2, 0.25) is 0 Å². The predicted molar refractivity (Wildman–Crippen MR) is 52.8 cm³/mol. The van der Waals surface area contributed by atoms with Crippen LogP contribution < -0.4 is 10.6 Å². The van der Waals surface area contributed by atoms with Crippen LogP contribution in [0.1, 0.15) is 12.8 Å². The fourth-order valence-electron chi connectivity index (χ4n) is 1.43. The number of amides is 2. The first-order chi connectivity index (χ1) is 6.74. The first kappa shape index (κ1) is 11.0. The second-order valence-electron chi connectivity index (χ2n) is 3.37. The number of hydrogen-bond acceptors (Lipinski definition) is 3. The van der Waals surface area contributed by atoms with E-state index in [9.17, 15) is 9.59 Å². The minimum absolute atomic E-state index is 0.0572. The van der Waals surface area contributed by atoms with Gasteiger partial charge >= 0.3 is 0 Å². The molecule has 5 nitrogen and oxygen atoms in total. The van der Waals surface area contributed by atoms with Crippen molar-refractivity contribution in [2.75, 3.05) is 33.2 Å². The van der Waals surface area contributed by atoms with Gasteiger partial charge in [0.25, 0.3) is 0 Å². The van der Waals surface area contributed by atoms with Crippen molar-refractivity contribution in [3.63, 3.8) is 0 Å². The Bertz CT molecular complexity index is 218. The van der Waals surface area contributed by atoms with E-state index in [0.29, 0.717) is 19.5 Å². The Labute approximate surface area is 83.8 Å². The van der Waals surface area contributed by atoms with Crippen LogP contribution in [0.3, 0.4) is 0 Å². The lowest BCUT2D eigenvalue weighted by molar-refractivity contribution is -0.138. The smallest absolute Gasteiger partial charge is 0.239 e. The van der Waals surface area contributed by atoms with E-state index in [1.165, 1.54) is 0 Å². The van der Waals surface area contributed by atoms with Crippen LogP contribution in [0.15, 0.2) is 0 Å². The molecule has 80 valence electrons. The summed E-state index contributed by atoms with van der Waals surface area (Å²) in [5, 5.41) is 5.67. The molecule has 0 bridgehead atoms. The first-order valence-electron chi connectivity index (χ1n) is 4.93. The second kappa shape index (κ2) is 5.59. The predicted octanol–water partition coefficient (Wildman–Crippen LogP) is -1.06. The average Bonchev–Trinajstić information content (AvgIpc) is 2.18. The second-order valence-corrected chi connectivity index (χ2v) is 3.37. The van der Waals surface area contributed by atoms with Crippen molar-refractivity contribution >= 4 is 11.8 Å². The topological polar surface area (TPSA) is 61.4 Å². The quantitative estimate of drug-likeness (QED) is 0.568. The maximum Gasteiger partial charge on any atom is 0.239 e. The molecule has 0 aromatic carbocycles. The monoisotopic (exact) mass is 199 g/mol. The highest BCUT2D eigenvalue weighted by molar-refractivity contribution is 5.85. The number of carbonyl (C=O) groups is 2. The molecule has 2 amide bonds. The standard InChI is InChI=1S/C9H17N3O2/c1-10-4-2-3-9(14)12-6-5-11-8(13)7-12/h10H,2-7H2,1H3,(H,11,13). The van der Waals surface area contributed by atoms with Gasteiger partial charge in [-0.05, 0) is 20.0 Å². The summed E-state index contributed by atoms with van der Waals surface area (Å²) >= 11 is 0. The van der Waals surface area contributed by atoms with Gasteiger partial charge in [0, 0.05) is 19.5 Å². The van der Waals surface area contributed by atoms with Gasteiger partial charge in [-0.15, -0.1) is 0 Å². The van der Waals surface area contributed by atoms with Gasteiger partial charge in [0.2, 0.25) is 11.8 Å². The van der Waals surface area contributed by atoms with Gasteiger partial charge < -0.3 is 15.5 Å². The SMILES string of the molecule is CNCCCC(=O)N1CCNC(=O)C1. The van der Waals surface area contributed by atoms with Crippen molar-refractivity contribution < 1.29 is 9.59 Å². The number of carbonyl (C=O) groups excluding carboxylic acids is 2. The van der Waals surface area contributed by atoms with Gasteiger partial charge in [-0.25, -0.2) is 0 Å². The average molecular weight is 199 g/mol. The highest BCUT2D eigenvalue weighted by atomic mass is 16.2.